The summed E-state index contributed by atoms with van der Waals surface area (Å²) in [4.78, 5) is 0. The molecule has 0 bridgehead atoms. The van der Waals surface area contributed by atoms with Crippen molar-refractivity contribution >= 4 is 6.48 Å². The topological polar surface area (TPSA) is 0 Å². The first-order valence-electron chi connectivity index (χ1n) is 13.0. The van der Waals surface area contributed by atoms with Crippen molar-refractivity contribution in [1.82, 2.24) is 0 Å². The molecule has 0 saturated heterocycles. The molecule has 2 aliphatic rings. The van der Waals surface area contributed by atoms with E-state index in [2.05, 4.69) is 119 Å². The molecular weight excluding hydrogens is 488 g/mol. The summed E-state index contributed by atoms with van der Waals surface area (Å²) in [6.07, 6.45) is 7.37. The summed E-state index contributed by atoms with van der Waals surface area (Å²) in [5.41, 5.74) is 11.3. The first kappa shape index (κ1) is 25.8. The Morgan fingerprint density at radius 3 is 1.94 bits per heavy atom. The second kappa shape index (κ2) is 8.66. The van der Waals surface area contributed by atoms with Crippen molar-refractivity contribution in [3.63, 3.8) is 0 Å². The predicted molar refractivity (Wildman–Crippen MR) is 148 cm³/mol. The fraction of sp³-hybridized carbons (Fsp3) is 0.485. The molecular formula is C33H44Zr. The van der Waals surface area contributed by atoms with Crippen molar-refractivity contribution in [2.45, 2.75) is 99.8 Å². The Morgan fingerprint density at radius 1 is 0.765 bits per heavy atom. The van der Waals surface area contributed by atoms with Gasteiger partial charge in [-0.1, -0.05) is 0 Å². The molecule has 2 aromatic rings. The number of rotatable bonds is 2. The number of fused-ring (bicyclic) bond motifs is 3. The van der Waals surface area contributed by atoms with Crippen LogP contribution in [-0.4, -0.2) is 3.21 Å². The van der Waals surface area contributed by atoms with Crippen LogP contribution in [0.1, 0.15) is 105 Å². The summed E-state index contributed by atoms with van der Waals surface area (Å²) in [7, 11) is 0. The molecule has 0 atom stereocenters. The first-order chi connectivity index (χ1) is 15.6. The van der Waals surface area contributed by atoms with Gasteiger partial charge in [-0.2, -0.15) is 0 Å². The van der Waals surface area contributed by atoms with Gasteiger partial charge in [0.2, 0.25) is 0 Å². The van der Waals surface area contributed by atoms with E-state index in [0.29, 0.717) is 0 Å². The molecule has 2 aliphatic carbocycles. The van der Waals surface area contributed by atoms with Gasteiger partial charge < -0.3 is 0 Å². The summed E-state index contributed by atoms with van der Waals surface area (Å²) < 4.78 is 5.23. The number of allylic oxidation sites excluding steroid dienone is 4. The minimum atomic E-state index is -2.23. The molecule has 4 rings (SSSR count). The Kier molecular flexibility index (Phi) is 6.56. The van der Waals surface area contributed by atoms with E-state index in [1.807, 2.05) is 0 Å². The molecule has 0 unspecified atom stereocenters. The van der Waals surface area contributed by atoms with Gasteiger partial charge in [0.1, 0.15) is 0 Å². The van der Waals surface area contributed by atoms with Crippen molar-refractivity contribution < 1.29 is 21.3 Å². The van der Waals surface area contributed by atoms with E-state index in [-0.39, 0.29) is 16.2 Å². The molecule has 1 heteroatoms. The molecule has 0 radical (unpaired) electrons. The third-order valence-electron chi connectivity index (χ3n) is 7.56. The fourth-order valence-electron chi connectivity index (χ4n) is 5.61. The summed E-state index contributed by atoms with van der Waals surface area (Å²) in [5, 5.41) is 0. The maximum atomic E-state index is 2.60. The van der Waals surface area contributed by atoms with Crippen LogP contribution in [0.25, 0.3) is 11.1 Å². The molecule has 0 heterocycles. The molecule has 34 heavy (non-hydrogen) atoms. The van der Waals surface area contributed by atoms with Crippen LogP contribution in [0.2, 0.25) is 0 Å². The number of hydrogen-bond donors (Lipinski definition) is 0. The molecule has 0 nitrogen and oxygen atoms in total. The molecule has 2 aromatic carbocycles. The van der Waals surface area contributed by atoms with Crippen LogP contribution in [-0.2, 0) is 38.5 Å². The number of hydrogen-bond acceptors (Lipinski definition) is 0. The SMILES string of the molecule is C[C](C)=[Zr]([C]1=CC(C(C)(C)C)=CC1)[c]1c(C(C)(C)C)ccc2c1Cc1cc(C(C)(C)C)ccc1-2. The maximum absolute atomic E-state index is 2.60. The van der Waals surface area contributed by atoms with Gasteiger partial charge in [0.05, 0.1) is 0 Å². The molecule has 180 valence electrons. The van der Waals surface area contributed by atoms with Crippen molar-refractivity contribution in [1.29, 1.82) is 0 Å². The van der Waals surface area contributed by atoms with E-state index in [4.69, 9.17) is 0 Å². The monoisotopic (exact) mass is 530 g/mol. The van der Waals surface area contributed by atoms with Crippen LogP contribution in [0.5, 0.6) is 0 Å². The van der Waals surface area contributed by atoms with Crippen LogP contribution in [0.15, 0.2) is 51.3 Å². The van der Waals surface area contributed by atoms with Crippen LogP contribution in [0.3, 0.4) is 0 Å². The average Bonchev–Trinajstić information content (AvgIpc) is 3.31. The van der Waals surface area contributed by atoms with Gasteiger partial charge in [0.25, 0.3) is 0 Å². The van der Waals surface area contributed by atoms with E-state index in [1.165, 1.54) is 27.8 Å². The van der Waals surface area contributed by atoms with Gasteiger partial charge in [-0.25, -0.2) is 0 Å². The van der Waals surface area contributed by atoms with Gasteiger partial charge >= 0.3 is 218 Å². The van der Waals surface area contributed by atoms with E-state index in [0.717, 1.165) is 12.8 Å². The van der Waals surface area contributed by atoms with Gasteiger partial charge in [0.15, 0.2) is 0 Å². The van der Waals surface area contributed by atoms with Gasteiger partial charge in [-0.3, -0.25) is 0 Å². The van der Waals surface area contributed by atoms with Crippen LogP contribution in [0.4, 0.5) is 0 Å². The quantitative estimate of drug-likeness (QED) is 0.311. The Hall–Kier alpha value is -1.33. The molecule has 0 N–H and O–H groups in total. The van der Waals surface area contributed by atoms with E-state index < -0.39 is 21.3 Å². The van der Waals surface area contributed by atoms with Crippen molar-refractivity contribution in [2.24, 2.45) is 5.41 Å². The van der Waals surface area contributed by atoms with Gasteiger partial charge in [-0.05, 0) is 0 Å². The zero-order valence-electron chi connectivity index (χ0n) is 23.5. The normalized spacial score (nSPS) is 15.6. The van der Waals surface area contributed by atoms with E-state index in [9.17, 15) is 0 Å². The van der Waals surface area contributed by atoms with Crippen molar-refractivity contribution in [2.75, 3.05) is 0 Å². The van der Waals surface area contributed by atoms with Crippen LogP contribution >= 0.6 is 0 Å². The molecule has 0 spiro atoms. The summed E-state index contributed by atoms with van der Waals surface area (Å²) >= 11 is -2.23. The standard InChI is InChI=1S/C21H25.C9H13.C3H6.Zr/c1-20(2,3)16-7-9-18-14(12-16)11-15-13-17(21(4,5)6)8-10-19(15)18;1-9(2,3)8-6-4-5-7-8;1-3-2;/h7-10,12H,11H2,1-6H3;6-7H,4H2,1-3H3;1-2H3;. The summed E-state index contributed by atoms with van der Waals surface area (Å²) in [6.45, 7) is 26.1. The number of benzene rings is 2. The summed E-state index contributed by atoms with van der Waals surface area (Å²) in [6, 6.07) is 12.2. The third kappa shape index (κ3) is 4.72. The van der Waals surface area contributed by atoms with E-state index in [1.54, 1.807) is 20.9 Å². The minimum absolute atomic E-state index is 0.149. The van der Waals surface area contributed by atoms with Crippen LogP contribution < -0.4 is 3.27 Å². The average molecular weight is 532 g/mol. The Labute approximate surface area is 216 Å². The molecule has 0 saturated carbocycles. The third-order valence-corrected chi connectivity index (χ3v) is 15.1. The zero-order chi connectivity index (χ0) is 25.2. The fourth-order valence-corrected chi connectivity index (χ4v) is 13.8. The van der Waals surface area contributed by atoms with Crippen molar-refractivity contribution in [3.05, 3.63) is 73.6 Å². The predicted octanol–water partition coefficient (Wildman–Crippen LogP) is 8.57. The second-order valence-electron chi connectivity index (χ2n) is 13.7. The molecule has 0 fully saturated rings. The van der Waals surface area contributed by atoms with E-state index >= 15 is 0 Å². The second-order valence-corrected chi connectivity index (χ2v) is 20.8. The molecule has 0 aliphatic heterocycles. The van der Waals surface area contributed by atoms with Crippen LogP contribution in [0, 0.1) is 5.41 Å². The zero-order valence-corrected chi connectivity index (χ0v) is 25.9. The molecule has 0 aromatic heterocycles. The first-order valence-corrected chi connectivity index (χ1v) is 16.7. The Bertz CT molecular complexity index is 1240. The van der Waals surface area contributed by atoms with Gasteiger partial charge in [0, 0.05) is 0 Å². The Morgan fingerprint density at radius 2 is 1.41 bits per heavy atom. The van der Waals surface area contributed by atoms with Gasteiger partial charge in [-0.15, -0.1) is 0 Å². The summed E-state index contributed by atoms with van der Waals surface area (Å²) in [5.74, 6) is 0. The van der Waals surface area contributed by atoms with Crippen molar-refractivity contribution in [3.8, 4) is 11.1 Å². The molecule has 0 amide bonds. The Balaban J connectivity index is 1.94.